The zero-order chi connectivity index (χ0) is 20.9. The molecule has 1 aromatic heterocycles. The predicted molar refractivity (Wildman–Crippen MR) is 123 cm³/mol. The molecule has 0 spiro atoms. The molecule has 1 saturated heterocycles. The first-order chi connectivity index (χ1) is 14.6. The maximum absolute atomic E-state index is 12.8. The van der Waals surface area contributed by atoms with Gasteiger partial charge in [0.15, 0.2) is 5.11 Å². The molecule has 4 rings (SSSR count). The van der Waals surface area contributed by atoms with Crippen LogP contribution in [0.1, 0.15) is 50.5 Å². The topological polar surface area (TPSA) is 66.6 Å². The quantitative estimate of drug-likeness (QED) is 0.682. The highest BCUT2D eigenvalue weighted by molar-refractivity contribution is 7.80. The van der Waals surface area contributed by atoms with Gasteiger partial charge in [0.2, 0.25) is 0 Å². The van der Waals surface area contributed by atoms with Gasteiger partial charge in [-0.15, -0.1) is 0 Å². The summed E-state index contributed by atoms with van der Waals surface area (Å²) in [6, 6.07) is 8.04. The van der Waals surface area contributed by atoms with E-state index in [0.717, 1.165) is 54.1 Å². The number of methoxy groups -OCH3 is 1. The third-order valence-electron chi connectivity index (χ3n) is 6.16. The third kappa shape index (κ3) is 5.13. The molecular weight excluding hydrogens is 398 g/mol. The lowest BCUT2D eigenvalue weighted by molar-refractivity contribution is 0.0894. The number of thiocarbonyl (C=S) groups is 1. The summed E-state index contributed by atoms with van der Waals surface area (Å²) < 4.78 is 11.2. The van der Waals surface area contributed by atoms with Gasteiger partial charge >= 0.3 is 0 Å². The van der Waals surface area contributed by atoms with Crippen LogP contribution in [-0.2, 0) is 11.3 Å². The van der Waals surface area contributed by atoms with Gasteiger partial charge in [0.1, 0.15) is 5.75 Å². The Kier molecular flexibility index (Phi) is 6.89. The van der Waals surface area contributed by atoms with Crippen molar-refractivity contribution in [3.05, 3.63) is 40.2 Å². The van der Waals surface area contributed by atoms with Crippen molar-refractivity contribution < 1.29 is 9.47 Å². The Hall–Kier alpha value is -2.12. The smallest absolute Gasteiger partial charge is 0.253 e. The first kappa shape index (κ1) is 21.1. The van der Waals surface area contributed by atoms with E-state index in [9.17, 15) is 4.79 Å². The lowest BCUT2D eigenvalue weighted by atomic mass is 9.96. The molecular formula is C23H31N3O3S. The third-order valence-corrected chi connectivity index (χ3v) is 6.53. The molecule has 2 heterocycles. The van der Waals surface area contributed by atoms with Crippen LogP contribution in [0.15, 0.2) is 29.1 Å². The standard InChI is InChI=1S/C23H31N3O3S/c1-28-19-9-10-21-16(13-19)12-17(22(27)25-21)14-26(15-20-8-5-11-29-20)23(30)24-18-6-3-2-4-7-18/h9-10,12-13,18,20H,2-8,11,14-15H2,1H3,(H,24,30)(H,25,27). The van der Waals surface area contributed by atoms with Gasteiger partial charge in [0.05, 0.1) is 19.8 Å². The van der Waals surface area contributed by atoms with E-state index in [-0.39, 0.29) is 11.7 Å². The summed E-state index contributed by atoms with van der Waals surface area (Å²) in [6.45, 7) is 1.96. The molecule has 1 aliphatic heterocycles. The van der Waals surface area contributed by atoms with Crippen LogP contribution in [0.3, 0.4) is 0 Å². The van der Waals surface area contributed by atoms with Gasteiger partial charge in [-0.25, -0.2) is 0 Å². The number of aromatic nitrogens is 1. The number of hydrogen-bond donors (Lipinski definition) is 2. The van der Waals surface area contributed by atoms with Crippen molar-refractivity contribution in [2.24, 2.45) is 0 Å². The molecule has 162 valence electrons. The van der Waals surface area contributed by atoms with Gasteiger partial charge in [-0.3, -0.25) is 4.79 Å². The average Bonchev–Trinajstić information content (AvgIpc) is 3.27. The van der Waals surface area contributed by atoms with E-state index in [0.29, 0.717) is 24.7 Å². The van der Waals surface area contributed by atoms with Gasteiger partial charge in [-0.05, 0) is 62.2 Å². The first-order valence-electron chi connectivity index (χ1n) is 11.0. The SMILES string of the molecule is COc1ccc2[nH]c(=O)c(CN(CC3CCCO3)C(=S)NC3CCCCC3)cc2c1. The number of rotatable bonds is 6. The number of H-pyrrole nitrogens is 1. The Morgan fingerprint density at radius 1 is 1.23 bits per heavy atom. The molecule has 0 bridgehead atoms. The molecule has 1 aromatic carbocycles. The minimum Gasteiger partial charge on any atom is -0.497 e. The zero-order valence-corrected chi connectivity index (χ0v) is 18.4. The van der Waals surface area contributed by atoms with E-state index in [1.54, 1.807) is 7.11 Å². The molecule has 7 heteroatoms. The van der Waals surface area contributed by atoms with Crippen molar-refractivity contribution in [3.8, 4) is 5.75 Å². The molecule has 2 N–H and O–H groups in total. The second-order valence-corrected chi connectivity index (χ2v) is 8.76. The van der Waals surface area contributed by atoms with E-state index in [2.05, 4.69) is 15.2 Å². The number of nitrogens with zero attached hydrogens (tertiary/aromatic N) is 1. The van der Waals surface area contributed by atoms with E-state index in [1.165, 1.54) is 19.3 Å². The molecule has 1 saturated carbocycles. The van der Waals surface area contributed by atoms with Crippen LogP contribution in [0.5, 0.6) is 5.75 Å². The minimum absolute atomic E-state index is 0.0783. The second-order valence-electron chi connectivity index (χ2n) is 8.38. The number of aromatic amines is 1. The summed E-state index contributed by atoms with van der Waals surface area (Å²) >= 11 is 5.80. The Balaban J connectivity index is 1.55. The fourth-order valence-corrected chi connectivity index (χ4v) is 4.75. The highest BCUT2D eigenvalue weighted by Gasteiger charge is 2.24. The summed E-state index contributed by atoms with van der Waals surface area (Å²) in [5.74, 6) is 0.770. The molecule has 0 amide bonds. The zero-order valence-electron chi connectivity index (χ0n) is 17.6. The van der Waals surface area contributed by atoms with E-state index >= 15 is 0 Å². The van der Waals surface area contributed by atoms with E-state index in [4.69, 9.17) is 21.7 Å². The van der Waals surface area contributed by atoms with Crippen molar-refractivity contribution in [2.45, 2.75) is 63.6 Å². The highest BCUT2D eigenvalue weighted by Crippen LogP contribution is 2.21. The highest BCUT2D eigenvalue weighted by atomic mass is 32.1. The minimum atomic E-state index is -0.0783. The van der Waals surface area contributed by atoms with Gasteiger partial charge < -0.3 is 24.7 Å². The number of pyridine rings is 1. The summed E-state index contributed by atoms with van der Waals surface area (Å²) in [4.78, 5) is 17.9. The maximum Gasteiger partial charge on any atom is 0.253 e. The van der Waals surface area contributed by atoms with Crippen LogP contribution in [-0.4, -0.2) is 47.4 Å². The summed E-state index contributed by atoms with van der Waals surface area (Å²) in [7, 11) is 1.65. The van der Waals surface area contributed by atoms with Crippen LogP contribution in [0.25, 0.3) is 10.9 Å². The van der Waals surface area contributed by atoms with Crippen LogP contribution in [0.4, 0.5) is 0 Å². The Morgan fingerprint density at radius 3 is 2.80 bits per heavy atom. The van der Waals surface area contributed by atoms with Gasteiger partial charge in [0, 0.05) is 35.7 Å². The number of ether oxygens (including phenoxy) is 2. The van der Waals surface area contributed by atoms with Crippen molar-refractivity contribution in [1.82, 2.24) is 15.2 Å². The largest absolute Gasteiger partial charge is 0.497 e. The Morgan fingerprint density at radius 2 is 2.07 bits per heavy atom. The molecule has 0 radical (unpaired) electrons. The summed E-state index contributed by atoms with van der Waals surface area (Å²) in [5, 5.41) is 5.23. The molecule has 2 fully saturated rings. The molecule has 1 unspecified atom stereocenters. The number of hydrogen-bond acceptors (Lipinski definition) is 4. The molecule has 1 aliphatic carbocycles. The van der Waals surface area contributed by atoms with Crippen LogP contribution < -0.4 is 15.6 Å². The average molecular weight is 430 g/mol. The van der Waals surface area contributed by atoms with Crippen LogP contribution in [0, 0.1) is 0 Å². The monoisotopic (exact) mass is 429 g/mol. The molecule has 30 heavy (non-hydrogen) atoms. The predicted octanol–water partition coefficient (Wildman–Crippen LogP) is 3.72. The number of fused-ring (bicyclic) bond motifs is 1. The summed E-state index contributed by atoms with van der Waals surface area (Å²) in [5.41, 5.74) is 1.42. The molecule has 6 nitrogen and oxygen atoms in total. The fraction of sp³-hybridized carbons (Fsp3) is 0.565. The lowest BCUT2D eigenvalue weighted by Gasteiger charge is -2.32. The molecule has 2 aliphatic rings. The van der Waals surface area contributed by atoms with Gasteiger partial charge in [0.25, 0.3) is 5.56 Å². The Labute approximate surface area is 182 Å². The Bertz CT molecular complexity index is 933. The van der Waals surface area contributed by atoms with Gasteiger partial charge in [-0.2, -0.15) is 0 Å². The van der Waals surface area contributed by atoms with Gasteiger partial charge in [-0.1, -0.05) is 19.3 Å². The molecule has 1 atom stereocenters. The number of benzene rings is 1. The fourth-order valence-electron chi connectivity index (χ4n) is 4.45. The van der Waals surface area contributed by atoms with Crippen molar-refractivity contribution in [1.29, 1.82) is 0 Å². The van der Waals surface area contributed by atoms with Crippen molar-refractivity contribution in [2.75, 3.05) is 20.3 Å². The lowest BCUT2D eigenvalue weighted by Crippen LogP contribution is -2.47. The van der Waals surface area contributed by atoms with E-state index < -0.39 is 0 Å². The second kappa shape index (κ2) is 9.79. The van der Waals surface area contributed by atoms with Crippen LogP contribution in [0.2, 0.25) is 0 Å². The van der Waals surface area contributed by atoms with E-state index in [1.807, 2.05) is 24.3 Å². The maximum atomic E-state index is 12.8. The molecule has 2 aromatic rings. The van der Waals surface area contributed by atoms with Crippen LogP contribution >= 0.6 is 12.2 Å². The summed E-state index contributed by atoms with van der Waals surface area (Å²) in [6.07, 6.45) is 8.40. The van der Waals surface area contributed by atoms with Crippen molar-refractivity contribution in [3.63, 3.8) is 0 Å². The normalized spacial score (nSPS) is 19.7. The van der Waals surface area contributed by atoms with Crippen molar-refractivity contribution >= 4 is 28.2 Å². The first-order valence-corrected chi connectivity index (χ1v) is 11.4. The number of nitrogens with one attached hydrogen (secondary N) is 2.